The molecule has 27 heavy (non-hydrogen) atoms. The summed E-state index contributed by atoms with van der Waals surface area (Å²) < 4.78 is 32.5. The van der Waals surface area contributed by atoms with Gasteiger partial charge in [0.1, 0.15) is 12.7 Å². The number of amides is 1. The van der Waals surface area contributed by atoms with E-state index in [0.717, 1.165) is 0 Å². The Bertz CT molecular complexity index is 755. The average molecular weight is 379 g/mol. The summed E-state index contributed by atoms with van der Waals surface area (Å²) in [5.41, 5.74) is 1.22. The molecule has 2 atom stereocenters. The summed E-state index contributed by atoms with van der Waals surface area (Å²) in [5.74, 6) is -6.92. The molecule has 3 N–H and O–H groups in total. The second-order valence-electron chi connectivity index (χ2n) is 5.88. The minimum Gasteiger partial charge on any atom is -0.477 e. The zero-order chi connectivity index (χ0) is 19.9. The topological polar surface area (TPSA) is 95.9 Å². The van der Waals surface area contributed by atoms with E-state index in [1.54, 1.807) is 60.7 Å². The number of carbonyl (C=O) groups is 2. The van der Waals surface area contributed by atoms with E-state index in [0.29, 0.717) is 11.1 Å². The molecule has 0 saturated carbocycles. The van der Waals surface area contributed by atoms with Gasteiger partial charge in [-0.3, -0.25) is 0 Å². The number of hydrogen-bond donors (Lipinski definition) is 3. The molecule has 0 aliphatic heterocycles. The number of aliphatic hydroxyl groups is 1. The Morgan fingerprint density at radius 2 is 1.52 bits per heavy atom. The highest BCUT2D eigenvalue weighted by molar-refractivity contribution is 5.76. The van der Waals surface area contributed by atoms with E-state index in [-0.39, 0.29) is 13.0 Å². The van der Waals surface area contributed by atoms with E-state index in [1.165, 1.54) is 0 Å². The van der Waals surface area contributed by atoms with Crippen LogP contribution in [-0.4, -0.2) is 40.3 Å². The lowest BCUT2D eigenvalue weighted by atomic mass is 9.97. The van der Waals surface area contributed by atoms with Crippen molar-refractivity contribution in [1.29, 1.82) is 0 Å². The smallest absolute Gasteiger partial charge is 0.407 e. The Morgan fingerprint density at radius 1 is 1.00 bits per heavy atom. The molecule has 2 aromatic rings. The fourth-order valence-corrected chi connectivity index (χ4v) is 2.40. The number of hydrogen-bond acceptors (Lipinski definition) is 4. The third-order valence-corrected chi connectivity index (χ3v) is 3.85. The Labute approximate surface area is 154 Å². The maximum absolute atomic E-state index is 13.8. The number of alkyl halides is 2. The monoisotopic (exact) mass is 379 g/mol. The SMILES string of the molecule is O=C(NC(Cc1ccccc1)C(O)C(F)(F)C(=O)O)OCc1ccccc1. The van der Waals surface area contributed by atoms with E-state index in [4.69, 9.17) is 9.84 Å². The predicted octanol–water partition coefficient (Wildman–Crippen LogP) is 2.60. The molecule has 8 heteroatoms. The van der Waals surface area contributed by atoms with Crippen LogP contribution in [0.15, 0.2) is 60.7 Å². The zero-order valence-electron chi connectivity index (χ0n) is 14.2. The van der Waals surface area contributed by atoms with Crippen LogP contribution < -0.4 is 5.32 Å². The fraction of sp³-hybridized carbons (Fsp3) is 0.263. The van der Waals surface area contributed by atoms with Crippen molar-refractivity contribution in [2.75, 3.05) is 0 Å². The summed E-state index contributed by atoms with van der Waals surface area (Å²) in [7, 11) is 0. The zero-order valence-corrected chi connectivity index (χ0v) is 14.2. The first-order valence-electron chi connectivity index (χ1n) is 8.11. The van der Waals surface area contributed by atoms with Gasteiger partial charge in [0.25, 0.3) is 0 Å². The maximum Gasteiger partial charge on any atom is 0.407 e. The van der Waals surface area contributed by atoms with Crippen molar-refractivity contribution in [3.05, 3.63) is 71.8 Å². The van der Waals surface area contributed by atoms with Gasteiger partial charge in [0, 0.05) is 0 Å². The van der Waals surface area contributed by atoms with Crippen molar-refractivity contribution in [3.63, 3.8) is 0 Å². The van der Waals surface area contributed by atoms with Crippen LogP contribution >= 0.6 is 0 Å². The van der Waals surface area contributed by atoms with Crippen LogP contribution in [0.4, 0.5) is 13.6 Å². The standard InChI is InChI=1S/C19H19F2NO5/c20-19(21,17(24)25)16(23)15(11-13-7-3-1-4-8-13)22-18(26)27-12-14-9-5-2-6-10-14/h1-10,15-16,23H,11-12H2,(H,22,26)(H,24,25). The third-order valence-electron chi connectivity index (χ3n) is 3.85. The van der Waals surface area contributed by atoms with Gasteiger partial charge < -0.3 is 20.3 Å². The number of ether oxygens (including phenoxy) is 1. The maximum atomic E-state index is 13.8. The molecule has 144 valence electrons. The third kappa shape index (κ3) is 5.75. The van der Waals surface area contributed by atoms with Crippen molar-refractivity contribution in [2.45, 2.75) is 31.1 Å². The number of alkyl carbamates (subject to hydrolysis) is 1. The number of carboxylic acids is 1. The van der Waals surface area contributed by atoms with Crippen molar-refractivity contribution in [1.82, 2.24) is 5.32 Å². The Morgan fingerprint density at radius 3 is 2.04 bits per heavy atom. The molecule has 0 spiro atoms. The van der Waals surface area contributed by atoms with E-state index in [1.807, 2.05) is 0 Å². The molecule has 0 fully saturated rings. The van der Waals surface area contributed by atoms with E-state index >= 15 is 0 Å². The highest BCUT2D eigenvalue weighted by Gasteiger charge is 2.50. The quantitative estimate of drug-likeness (QED) is 0.655. The molecule has 2 unspecified atom stereocenters. The van der Waals surface area contributed by atoms with Crippen LogP contribution in [0.1, 0.15) is 11.1 Å². The van der Waals surface area contributed by atoms with Gasteiger partial charge in [-0.2, -0.15) is 8.78 Å². The molecule has 0 aliphatic rings. The van der Waals surface area contributed by atoms with Crippen molar-refractivity contribution in [2.24, 2.45) is 0 Å². The van der Waals surface area contributed by atoms with Crippen molar-refractivity contribution < 1.29 is 33.3 Å². The number of rotatable bonds is 8. The summed E-state index contributed by atoms with van der Waals surface area (Å²) in [6.07, 6.45) is -3.88. The molecule has 2 rings (SSSR count). The number of carboxylic acid groups (broad SMARTS) is 1. The molecular weight excluding hydrogens is 360 g/mol. The summed E-state index contributed by atoms with van der Waals surface area (Å²) in [6, 6.07) is 15.4. The van der Waals surface area contributed by atoms with Gasteiger partial charge >= 0.3 is 18.0 Å². The van der Waals surface area contributed by atoms with Crippen LogP contribution in [-0.2, 0) is 22.6 Å². The van der Waals surface area contributed by atoms with Crippen LogP contribution in [0.25, 0.3) is 0 Å². The van der Waals surface area contributed by atoms with E-state index in [2.05, 4.69) is 5.32 Å². The molecule has 0 saturated heterocycles. The lowest BCUT2D eigenvalue weighted by Gasteiger charge is -2.27. The minimum atomic E-state index is -4.44. The summed E-state index contributed by atoms with van der Waals surface area (Å²) >= 11 is 0. The molecular formula is C19H19F2NO5. The molecule has 6 nitrogen and oxygen atoms in total. The Balaban J connectivity index is 2.08. The predicted molar refractivity (Wildman–Crippen MR) is 92.3 cm³/mol. The Hall–Kier alpha value is -3.00. The van der Waals surface area contributed by atoms with Gasteiger partial charge in [-0.1, -0.05) is 60.7 Å². The summed E-state index contributed by atoms with van der Waals surface area (Å²) in [5, 5.41) is 20.7. The number of aliphatic carboxylic acids is 1. The Kier molecular flexibility index (Phi) is 6.84. The van der Waals surface area contributed by atoms with Gasteiger partial charge in [0.15, 0.2) is 0 Å². The van der Waals surface area contributed by atoms with Crippen LogP contribution in [0, 0.1) is 0 Å². The second kappa shape index (κ2) is 9.09. The van der Waals surface area contributed by atoms with Gasteiger partial charge in [0.05, 0.1) is 6.04 Å². The summed E-state index contributed by atoms with van der Waals surface area (Å²) in [4.78, 5) is 22.7. The lowest BCUT2D eigenvalue weighted by molar-refractivity contribution is -0.185. The molecule has 0 aromatic heterocycles. The van der Waals surface area contributed by atoms with Gasteiger partial charge in [0.2, 0.25) is 0 Å². The number of benzene rings is 2. The van der Waals surface area contributed by atoms with E-state index < -0.39 is 30.1 Å². The first kappa shape index (κ1) is 20.3. The number of carbonyl (C=O) groups excluding carboxylic acids is 1. The molecule has 0 heterocycles. The average Bonchev–Trinajstić information content (AvgIpc) is 2.66. The molecule has 1 amide bonds. The summed E-state index contributed by atoms with van der Waals surface area (Å²) in [6.45, 7) is -0.101. The van der Waals surface area contributed by atoms with Crippen LogP contribution in [0.3, 0.4) is 0 Å². The first-order chi connectivity index (χ1) is 12.8. The number of nitrogens with one attached hydrogen (secondary N) is 1. The van der Waals surface area contributed by atoms with Gasteiger partial charge in [-0.05, 0) is 17.5 Å². The van der Waals surface area contributed by atoms with Crippen LogP contribution in [0.5, 0.6) is 0 Å². The molecule has 2 aromatic carbocycles. The van der Waals surface area contributed by atoms with Crippen molar-refractivity contribution >= 4 is 12.1 Å². The highest BCUT2D eigenvalue weighted by Crippen LogP contribution is 2.23. The fourth-order valence-electron chi connectivity index (χ4n) is 2.40. The van der Waals surface area contributed by atoms with Gasteiger partial charge in [-0.25, -0.2) is 9.59 Å². The highest BCUT2D eigenvalue weighted by atomic mass is 19.3. The van der Waals surface area contributed by atoms with Crippen LogP contribution in [0.2, 0.25) is 0 Å². The first-order valence-corrected chi connectivity index (χ1v) is 8.11. The molecule has 0 aliphatic carbocycles. The normalized spacial score (nSPS) is 13.4. The number of aliphatic hydroxyl groups excluding tert-OH is 1. The van der Waals surface area contributed by atoms with Crippen molar-refractivity contribution in [3.8, 4) is 0 Å². The largest absolute Gasteiger partial charge is 0.477 e. The second-order valence-corrected chi connectivity index (χ2v) is 5.88. The molecule has 0 radical (unpaired) electrons. The van der Waals surface area contributed by atoms with Gasteiger partial charge in [-0.15, -0.1) is 0 Å². The molecule has 0 bridgehead atoms. The minimum absolute atomic E-state index is 0.101. The van der Waals surface area contributed by atoms with E-state index in [9.17, 15) is 23.5 Å². The lowest BCUT2D eigenvalue weighted by Crippen LogP contribution is -2.55. The number of halogens is 2.